The maximum absolute atomic E-state index is 5.44. The molecule has 3 N–H and O–H groups in total. The fourth-order valence-electron chi connectivity index (χ4n) is 1.61. The second kappa shape index (κ2) is 6.46. The number of aromatic nitrogens is 4. The van der Waals surface area contributed by atoms with Crippen LogP contribution in [0.1, 0.15) is 35.9 Å². The SMILES string of the molecule is NCCCCCc1n[nH]c(Cc2nccs2)n1. The lowest BCUT2D eigenvalue weighted by Crippen LogP contribution is -1.98. The molecule has 0 aliphatic rings. The van der Waals surface area contributed by atoms with Gasteiger partial charge in [-0.3, -0.25) is 5.10 Å². The van der Waals surface area contributed by atoms with Crippen LogP contribution in [0.4, 0.5) is 0 Å². The number of hydrogen-bond acceptors (Lipinski definition) is 5. The van der Waals surface area contributed by atoms with Gasteiger partial charge in [-0.25, -0.2) is 9.97 Å². The molecule has 0 amide bonds. The number of H-pyrrole nitrogens is 1. The van der Waals surface area contributed by atoms with Gasteiger partial charge in [0.15, 0.2) is 5.82 Å². The van der Waals surface area contributed by atoms with Crippen LogP contribution in [-0.2, 0) is 12.8 Å². The molecule has 0 aromatic carbocycles. The Hall–Kier alpha value is -1.27. The summed E-state index contributed by atoms with van der Waals surface area (Å²) in [4.78, 5) is 8.68. The Balaban J connectivity index is 1.79. The van der Waals surface area contributed by atoms with Crippen molar-refractivity contribution in [3.05, 3.63) is 28.2 Å². The lowest BCUT2D eigenvalue weighted by Gasteiger charge is -1.94. The van der Waals surface area contributed by atoms with Gasteiger partial charge in [-0.05, 0) is 19.4 Å². The summed E-state index contributed by atoms with van der Waals surface area (Å²) in [5.74, 6) is 1.79. The molecular formula is C11H17N5S. The van der Waals surface area contributed by atoms with Crippen molar-refractivity contribution < 1.29 is 0 Å². The van der Waals surface area contributed by atoms with Crippen molar-refractivity contribution in [1.82, 2.24) is 20.2 Å². The van der Waals surface area contributed by atoms with Crippen molar-refractivity contribution in [2.45, 2.75) is 32.1 Å². The van der Waals surface area contributed by atoms with Crippen LogP contribution in [0.25, 0.3) is 0 Å². The van der Waals surface area contributed by atoms with Crippen LogP contribution in [0.5, 0.6) is 0 Å². The van der Waals surface area contributed by atoms with E-state index >= 15 is 0 Å². The first-order chi connectivity index (χ1) is 8.38. The average molecular weight is 251 g/mol. The van der Waals surface area contributed by atoms with Crippen molar-refractivity contribution in [3.8, 4) is 0 Å². The number of nitrogens with two attached hydrogens (primary N) is 1. The highest BCUT2D eigenvalue weighted by molar-refractivity contribution is 7.09. The van der Waals surface area contributed by atoms with Crippen LogP contribution in [0, 0.1) is 0 Å². The molecule has 2 aromatic rings. The van der Waals surface area contributed by atoms with Gasteiger partial charge in [0.25, 0.3) is 0 Å². The molecule has 2 heterocycles. The van der Waals surface area contributed by atoms with Gasteiger partial charge in [0.1, 0.15) is 10.8 Å². The molecular weight excluding hydrogens is 234 g/mol. The molecule has 0 aliphatic heterocycles. The average Bonchev–Trinajstić information content (AvgIpc) is 2.97. The fraction of sp³-hybridized carbons (Fsp3) is 0.545. The summed E-state index contributed by atoms with van der Waals surface area (Å²) in [7, 11) is 0. The van der Waals surface area contributed by atoms with Crippen molar-refractivity contribution in [1.29, 1.82) is 0 Å². The predicted octanol–water partition coefficient (Wildman–Crippen LogP) is 1.52. The van der Waals surface area contributed by atoms with Gasteiger partial charge < -0.3 is 5.73 Å². The van der Waals surface area contributed by atoms with E-state index < -0.39 is 0 Å². The normalized spacial score (nSPS) is 10.9. The molecule has 0 radical (unpaired) electrons. The van der Waals surface area contributed by atoms with Crippen LogP contribution in [0.15, 0.2) is 11.6 Å². The van der Waals surface area contributed by atoms with Crippen LogP contribution in [0.2, 0.25) is 0 Å². The van der Waals surface area contributed by atoms with E-state index in [1.807, 2.05) is 11.6 Å². The summed E-state index contributed by atoms with van der Waals surface area (Å²) >= 11 is 1.64. The Morgan fingerprint density at radius 2 is 2.24 bits per heavy atom. The summed E-state index contributed by atoms with van der Waals surface area (Å²) in [6.45, 7) is 0.767. The van der Waals surface area contributed by atoms with Crippen molar-refractivity contribution >= 4 is 11.3 Å². The van der Waals surface area contributed by atoms with E-state index in [2.05, 4.69) is 20.2 Å². The quantitative estimate of drug-likeness (QED) is 0.731. The Morgan fingerprint density at radius 3 is 3.00 bits per heavy atom. The van der Waals surface area contributed by atoms with E-state index in [-0.39, 0.29) is 0 Å². The van der Waals surface area contributed by atoms with Crippen molar-refractivity contribution in [2.24, 2.45) is 5.73 Å². The third kappa shape index (κ3) is 3.90. The summed E-state index contributed by atoms with van der Waals surface area (Å²) in [5, 5.41) is 10.2. The number of aromatic amines is 1. The number of thiazole rings is 1. The van der Waals surface area contributed by atoms with Gasteiger partial charge in [-0.1, -0.05) is 6.42 Å². The molecule has 92 valence electrons. The molecule has 0 saturated carbocycles. The van der Waals surface area contributed by atoms with Gasteiger partial charge >= 0.3 is 0 Å². The monoisotopic (exact) mass is 251 g/mol. The predicted molar refractivity (Wildman–Crippen MR) is 67.9 cm³/mol. The van der Waals surface area contributed by atoms with E-state index in [4.69, 9.17) is 5.73 Å². The Morgan fingerprint density at radius 1 is 1.29 bits per heavy atom. The zero-order valence-corrected chi connectivity index (χ0v) is 10.5. The third-order valence-electron chi connectivity index (χ3n) is 2.48. The van der Waals surface area contributed by atoms with Gasteiger partial charge in [0, 0.05) is 18.0 Å². The molecule has 0 unspecified atom stereocenters. The lowest BCUT2D eigenvalue weighted by atomic mass is 10.2. The highest BCUT2D eigenvalue weighted by Crippen LogP contribution is 2.09. The molecule has 2 rings (SSSR count). The zero-order valence-electron chi connectivity index (χ0n) is 9.72. The minimum absolute atomic E-state index is 0.744. The number of nitrogens with zero attached hydrogens (tertiary/aromatic N) is 3. The molecule has 0 fully saturated rings. The summed E-state index contributed by atoms with van der Waals surface area (Å²) in [6.07, 6.45) is 6.81. The molecule has 0 spiro atoms. The number of nitrogens with one attached hydrogen (secondary N) is 1. The summed E-state index contributed by atoms with van der Waals surface area (Å²) in [6, 6.07) is 0. The van der Waals surface area contributed by atoms with E-state index in [0.717, 1.165) is 55.3 Å². The van der Waals surface area contributed by atoms with Gasteiger partial charge in [0.05, 0.1) is 6.42 Å². The van der Waals surface area contributed by atoms with E-state index in [0.29, 0.717) is 0 Å². The Bertz CT molecular complexity index is 423. The lowest BCUT2D eigenvalue weighted by molar-refractivity contribution is 0.670. The molecule has 0 atom stereocenters. The van der Waals surface area contributed by atoms with Gasteiger partial charge in [0.2, 0.25) is 0 Å². The smallest absolute Gasteiger partial charge is 0.150 e. The first-order valence-corrected chi connectivity index (χ1v) is 6.75. The molecule has 5 nitrogen and oxygen atoms in total. The highest BCUT2D eigenvalue weighted by Gasteiger charge is 2.05. The highest BCUT2D eigenvalue weighted by atomic mass is 32.1. The Kier molecular flexibility index (Phi) is 4.63. The summed E-state index contributed by atoms with van der Waals surface area (Å²) < 4.78 is 0. The second-order valence-electron chi connectivity index (χ2n) is 3.90. The third-order valence-corrected chi connectivity index (χ3v) is 3.26. The maximum Gasteiger partial charge on any atom is 0.150 e. The Labute approximate surface area is 104 Å². The molecule has 2 aromatic heterocycles. The van der Waals surface area contributed by atoms with E-state index in [9.17, 15) is 0 Å². The standard InChI is InChI=1S/C11H17N5S/c12-5-3-1-2-4-9-14-10(16-15-9)8-11-13-6-7-17-11/h6-7H,1-5,8,12H2,(H,14,15,16). The minimum atomic E-state index is 0.744. The molecule has 0 saturated heterocycles. The second-order valence-corrected chi connectivity index (χ2v) is 4.88. The number of rotatable bonds is 7. The largest absolute Gasteiger partial charge is 0.330 e. The number of unbranched alkanes of at least 4 members (excludes halogenated alkanes) is 2. The van der Waals surface area contributed by atoms with Crippen molar-refractivity contribution in [3.63, 3.8) is 0 Å². The van der Waals surface area contributed by atoms with Crippen LogP contribution >= 0.6 is 11.3 Å². The molecule has 0 aliphatic carbocycles. The van der Waals surface area contributed by atoms with E-state index in [1.54, 1.807) is 11.3 Å². The number of hydrogen-bond donors (Lipinski definition) is 2. The molecule has 6 heteroatoms. The first-order valence-electron chi connectivity index (χ1n) is 5.87. The topological polar surface area (TPSA) is 80.5 Å². The van der Waals surface area contributed by atoms with Crippen molar-refractivity contribution in [2.75, 3.05) is 6.54 Å². The fourth-order valence-corrected chi connectivity index (χ4v) is 2.23. The zero-order chi connectivity index (χ0) is 11.9. The van der Waals surface area contributed by atoms with E-state index in [1.165, 1.54) is 0 Å². The van der Waals surface area contributed by atoms with Gasteiger partial charge in [-0.2, -0.15) is 5.10 Å². The molecule has 17 heavy (non-hydrogen) atoms. The van der Waals surface area contributed by atoms with Crippen LogP contribution in [-0.4, -0.2) is 26.7 Å². The minimum Gasteiger partial charge on any atom is -0.330 e. The molecule has 0 bridgehead atoms. The van der Waals surface area contributed by atoms with Gasteiger partial charge in [-0.15, -0.1) is 11.3 Å². The summed E-state index contributed by atoms with van der Waals surface area (Å²) in [5.41, 5.74) is 5.44. The van der Waals surface area contributed by atoms with Crippen LogP contribution in [0.3, 0.4) is 0 Å². The number of aryl methyl sites for hydroxylation is 1. The van der Waals surface area contributed by atoms with Crippen LogP contribution < -0.4 is 5.73 Å². The maximum atomic E-state index is 5.44. The first kappa shape index (κ1) is 12.2.